The van der Waals surface area contributed by atoms with Gasteiger partial charge in [0, 0.05) is 23.9 Å². The highest BCUT2D eigenvalue weighted by Gasteiger charge is 2.36. The van der Waals surface area contributed by atoms with Crippen LogP contribution < -0.4 is 14.3 Å². The van der Waals surface area contributed by atoms with E-state index in [-0.39, 0.29) is 16.5 Å². The normalized spacial score (nSPS) is 15.2. The van der Waals surface area contributed by atoms with E-state index in [4.69, 9.17) is 0 Å². The molecule has 1 atom stereocenters. The van der Waals surface area contributed by atoms with Crippen molar-refractivity contribution in [1.29, 1.82) is 0 Å². The van der Waals surface area contributed by atoms with Gasteiger partial charge in [-0.25, -0.2) is 18.8 Å². The van der Waals surface area contributed by atoms with Crippen molar-refractivity contribution in [3.63, 3.8) is 0 Å². The lowest BCUT2D eigenvalue weighted by Gasteiger charge is -2.24. The lowest BCUT2D eigenvalue weighted by molar-refractivity contribution is -0.645. The van der Waals surface area contributed by atoms with E-state index in [0.717, 1.165) is 11.3 Å². The number of rotatable bonds is 5. The molecule has 3 heterocycles. The molecule has 0 fully saturated rings. The molecule has 5 rings (SSSR count). The first-order chi connectivity index (χ1) is 16.3. The molecule has 2 aromatic carbocycles. The Morgan fingerprint density at radius 3 is 2.68 bits per heavy atom. The topological polar surface area (TPSA) is 99.0 Å². The molecule has 0 radical (unpaired) electrons. The third kappa shape index (κ3) is 3.84. The van der Waals surface area contributed by atoms with Gasteiger partial charge in [0.25, 0.3) is 21.7 Å². The van der Waals surface area contributed by atoms with Gasteiger partial charge in [0.05, 0.1) is 16.1 Å². The Morgan fingerprint density at radius 2 is 1.88 bits per heavy atom. The highest BCUT2D eigenvalue weighted by atomic mass is 32.2. The number of hydrogen-bond donors (Lipinski definition) is 2. The molecule has 0 saturated heterocycles. The first kappa shape index (κ1) is 21.8. The van der Waals surface area contributed by atoms with Gasteiger partial charge in [-0.15, -0.1) is 9.67 Å². The fourth-order valence-electron chi connectivity index (χ4n) is 4.30. The smallest absolute Gasteiger partial charge is 0.263 e. The van der Waals surface area contributed by atoms with Crippen LogP contribution in [0.3, 0.4) is 0 Å². The summed E-state index contributed by atoms with van der Waals surface area (Å²) in [5.74, 6) is 0.691. The van der Waals surface area contributed by atoms with Crippen molar-refractivity contribution in [2.45, 2.75) is 31.2 Å². The Bertz CT molecular complexity index is 1480. The molecule has 1 aliphatic heterocycles. The Morgan fingerprint density at radius 1 is 1.09 bits per heavy atom. The summed E-state index contributed by atoms with van der Waals surface area (Å²) in [5.41, 5.74) is 2.75. The van der Waals surface area contributed by atoms with Gasteiger partial charge >= 0.3 is 5.91 Å². The van der Waals surface area contributed by atoms with E-state index in [9.17, 15) is 13.2 Å². The number of para-hydroxylation sites is 1. The molecule has 0 bridgehead atoms. The SMILES string of the molecule is Cc1cc(NC(=O)c2cccc(S(=O)(=O)N3c4ccccc4C[C@@H]3C)c2)[n+](-c2ccccn2)[nH]1. The van der Waals surface area contributed by atoms with Gasteiger partial charge in [-0.05, 0) is 56.2 Å². The Balaban J connectivity index is 1.45. The summed E-state index contributed by atoms with van der Waals surface area (Å²) in [4.78, 5) is 17.5. The van der Waals surface area contributed by atoms with Crippen molar-refractivity contribution >= 4 is 27.4 Å². The molecule has 9 heteroatoms. The minimum Gasteiger partial charge on any atom is -0.263 e. The van der Waals surface area contributed by atoms with Gasteiger partial charge in [0.15, 0.2) is 0 Å². The molecule has 8 nitrogen and oxygen atoms in total. The van der Waals surface area contributed by atoms with Crippen LogP contribution in [0.25, 0.3) is 5.82 Å². The van der Waals surface area contributed by atoms with Crippen LogP contribution in [0.2, 0.25) is 0 Å². The quantitative estimate of drug-likeness (QED) is 0.433. The fourth-order valence-corrected chi connectivity index (χ4v) is 6.04. The standard InChI is InChI=1S/C25H23N5O3S/c1-17-14-24(29(28-17)23-12-5-6-13-26-23)27-25(31)20-9-7-10-21(16-20)34(32,33)30-18(2)15-19-8-3-4-11-22(19)30/h3-14,16,18H,15H2,1-2H3,(H,27,28,31)/p+1/t18-/m0/s1. The van der Waals surface area contributed by atoms with Crippen LogP contribution in [0.1, 0.15) is 28.5 Å². The molecular formula is C25H24N5O3S+. The molecule has 1 amide bonds. The predicted molar refractivity (Wildman–Crippen MR) is 129 cm³/mol. The molecule has 1 aliphatic rings. The number of benzene rings is 2. The molecule has 0 saturated carbocycles. The van der Waals surface area contributed by atoms with E-state index < -0.39 is 15.9 Å². The van der Waals surface area contributed by atoms with E-state index in [1.807, 2.05) is 56.3 Å². The molecule has 0 unspecified atom stereocenters. The van der Waals surface area contributed by atoms with Crippen LogP contribution in [-0.4, -0.2) is 30.4 Å². The van der Waals surface area contributed by atoms with Gasteiger partial charge in [-0.2, -0.15) is 0 Å². The molecule has 2 N–H and O–H groups in total. The number of H-pyrrole nitrogens is 1. The Hall–Kier alpha value is -3.98. The largest absolute Gasteiger partial charge is 0.311 e. The van der Waals surface area contributed by atoms with E-state index in [1.54, 1.807) is 29.1 Å². The molecule has 172 valence electrons. The van der Waals surface area contributed by atoms with Crippen molar-refractivity contribution < 1.29 is 17.9 Å². The van der Waals surface area contributed by atoms with Gasteiger partial charge in [0.1, 0.15) is 6.20 Å². The number of fused-ring (bicyclic) bond motifs is 1. The number of sulfonamides is 1. The van der Waals surface area contributed by atoms with Gasteiger partial charge in [-0.3, -0.25) is 9.10 Å². The fraction of sp³-hybridized carbons (Fsp3) is 0.160. The number of pyridine rings is 1. The predicted octanol–water partition coefficient (Wildman–Crippen LogP) is 3.39. The van der Waals surface area contributed by atoms with Crippen LogP contribution in [0.4, 0.5) is 11.5 Å². The summed E-state index contributed by atoms with van der Waals surface area (Å²) in [5, 5.41) is 6.00. The van der Waals surface area contributed by atoms with Crippen molar-refractivity contribution in [1.82, 2.24) is 10.1 Å². The molecular weight excluding hydrogens is 450 g/mol. The monoisotopic (exact) mass is 474 g/mol. The van der Waals surface area contributed by atoms with Gasteiger partial charge in [0.2, 0.25) is 0 Å². The first-order valence-electron chi connectivity index (χ1n) is 10.9. The van der Waals surface area contributed by atoms with E-state index in [0.29, 0.717) is 23.7 Å². The zero-order valence-electron chi connectivity index (χ0n) is 18.8. The van der Waals surface area contributed by atoms with Crippen LogP contribution in [-0.2, 0) is 16.4 Å². The average Bonchev–Trinajstić information content (AvgIpc) is 3.38. The van der Waals surface area contributed by atoms with Crippen LogP contribution in [0, 0.1) is 6.92 Å². The maximum absolute atomic E-state index is 13.6. The van der Waals surface area contributed by atoms with E-state index in [1.165, 1.54) is 16.4 Å². The lowest BCUT2D eigenvalue weighted by atomic mass is 10.1. The minimum absolute atomic E-state index is 0.0755. The lowest BCUT2D eigenvalue weighted by Crippen LogP contribution is -2.38. The number of carbonyl (C=O) groups excluding carboxylic acids is 1. The summed E-state index contributed by atoms with van der Waals surface area (Å²) in [7, 11) is -3.85. The molecule has 34 heavy (non-hydrogen) atoms. The summed E-state index contributed by atoms with van der Waals surface area (Å²) >= 11 is 0. The zero-order valence-corrected chi connectivity index (χ0v) is 19.6. The molecule has 0 spiro atoms. The Kier molecular flexibility index (Phi) is 5.41. The van der Waals surface area contributed by atoms with Crippen molar-refractivity contribution in [3.8, 4) is 5.82 Å². The van der Waals surface area contributed by atoms with Crippen LogP contribution >= 0.6 is 0 Å². The van der Waals surface area contributed by atoms with E-state index >= 15 is 0 Å². The Labute approximate surface area is 197 Å². The second-order valence-electron chi connectivity index (χ2n) is 8.31. The molecule has 0 aliphatic carbocycles. The molecule has 4 aromatic rings. The maximum Gasteiger partial charge on any atom is 0.311 e. The summed E-state index contributed by atoms with van der Waals surface area (Å²) in [6.45, 7) is 3.76. The molecule has 2 aromatic heterocycles. The number of nitrogens with zero attached hydrogens (tertiary/aromatic N) is 3. The van der Waals surface area contributed by atoms with Crippen LogP contribution in [0.5, 0.6) is 0 Å². The summed E-state index contributed by atoms with van der Waals surface area (Å²) in [6, 6.07) is 20.7. The summed E-state index contributed by atoms with van der Waals surface area (Å²) < 4.78 is 30.2. The van der Waals surface area contributed by atoms with Gasteiger partial charge < -0.3 is 0 Å². The van der Waals surface area contributed by atoms with Crippen molar-refractivity contribution in [2.75, 3.05) is 9.62 Å². The van der Waals surface area contributed by atoms with Crippen molar-refractivity contribution in [3.05, 3.63) is 95.8 Å². The number of aryl methyl sites for hydroxylation is 1. The number of carbonyl (C=O) groups is 1. The van der Waals surface area contributed by atoms with Crippen LogP contribution in [0.15, 0.2) is 83.9 Å². The second-order valence-corrected chi connectivity index (χ2v) is 10.1. The number of aromatic nitrogens is 3. The van der Waals surface area contributed by atoms with E-state index in [2.05, 4.69) is 15.4 Å². The number of amides is 1. The second kappa shape index (κ2) is 8.42. The summed E-state index contributed by atoms with van der Waals surface area (Å²) in [6.07, 6.45) is 2.31. The third-order valence-electron chi connectivity index (χ3n) is 5.80. The number of aromatic amines is 1. The number of nitrogens with one attached hydrogen (secondary N) is 2. The van der Waals surface area contributed by atoms with Gasteiger partial charge in [-0.1, -0.05) is 30.3 Å². The first-order valence-corrected chi connectivity index (χ1v) is 12.4. The zero-order chi connectivity index (χ0) is 23.9. The average molecular weight is 475 g/mol. The van der Waals surface area contributed by atoms with Crippen molar-refractivity contribution in [2.24, 2.45) is 0 Å². The third-order valence-corrected chi connectivity index (χ3v) is 7.72. The maximum atomic E-state index is 13.6. The minimum atomic E-state index is -3.85. The highest BCUT2D eigenvalue weighted by Crippen LogP contribution is 2.36. The highest BCUT2D eigenvalue weighted by molar-refractivity contribution is 7.92. The number of hydrogen-bond acceptors (Lipinski definition) is 4. The number of anilines is 2.